The number of halogens is 1. The van der Waals surface area contributed by atoms with E-state index in [1.165, 1.54) is 4.90 Å². The van der Waals surface area contributed by atoms with Crippen molar-refractivity contribution in [2.24, 2.45) is 17.8 Å². The Kier molecular flexibility index (Phi) is 5.78. The molecule has 0 spiro atoms. The van der Waals surface area contributed by atoms with Crippen LogP contribution in [0.3, 0.4) is 0 Å². The summed E-state index contributed by atoms with van der Waals surface area (Å²) in [6.45, 7) is 0.242. The maximum atomic E-state index is 12.9. The number of hydrogen-bond donors (Lipinski definition) is 0. The second kappa shape index (κ2) is 8.74. The van der Waals surface area contributed by atoms with Gasteiger partial charge in [0.2, 0.25) is 17.7 Å². The predicted octanol–water partition coefficient (Wildman–Crippen LogP) is 4.09. The molecule has 2 aliphatic heterocycles. The number of amides is 3. The van der Waals surface area contributed by atoms with Gasteiger partial charge in [0, 0.05) is 29.2 Å². The molecule has 0 radical (unpaired) electrons. The molecule has 8 heteroatoms. The minimum absolute atomic E-state index is 0.0705. The Labute approximate surface area is 199 Å². The molecule has 2 aromatic carbocycles. The Morgan fingerprint density at radius 3 is 2.24 bits per heavy atom. The Hall–Kier alpha value is -3.00. The quantitative estimate of drug-likeness (QED) is 0.351. The Morgan fingerprint density at radius 1 is 0.909 bits per heavy atom. The number of hydrogen-bond acceptors (Lipinski definition) is 5. The summed E-state index contributed by atoms with van der Waals surface area (Å²) in [4.78, 5) is 53.8. The van der Waals surface area contributed by atoms with Crippen LogP contribution >= 0.6 is 15.9 Å². The molecule has 3 aliphatic rings. The molecule has 0 bridgehead atoms. The summed E-state index contributed by atoms with van der Waals surface area (Å²) in [5.74, 6) is -1.81. The lowest BCUT2D eigenvalue weighted by Gasteiger charge is -2.19. The Morgan fingerprint density at radius 2 is 1.58 bits per heavy atom. The SMILES string of the molecule is O=C(Oc1cccc(N2C(=O)[C@H]3CCCC[C@H]3C2=O)c1)[C@H]1CC(=O)N(c2ccc(Br)cc2)C1. The van der Waals surface area contributed by atoms with Crippen molar-refractivity contribution in [1.82, 2.24) is 0 Å². The van der Waals surface area contributed by atoms with E-state index in [1.807, 2.05) is 24.3 Å². The Bertz CT molecular complexity index is 1110. The molecule has 2 aromatic rings. The van der Waals surface area contributed by atoms with E-state index in [4.69, 9.17) is 4.74 Å². The van der Waals surface area contributed by atoms with Gasteiger partial charge in [-0.2, -0.15) is 0 Å². The molecule has 170 valence electrons. The van der Waals surface area contributed by atoms with Crippen molar-refractivity contribution in [2.75, 3.05) is 16.3 Å². The lowest BCUT2D eigenvalue weighted by molar-refractivity contribution is -0.139. The summed E-state index contributed by atoms with van der Waals surface area (Å²) in [7, 11) is 0. The second-order valence-electron chi connectivity index (χ2n) is 8.81. The standard InChI is InChI=1S/C25H23BrN2O5/c26-16-8-10-17(11-9-16)27-14-15(12-22(27)29)25(32)33-19-5-3-4-18(13-19)28-23(30)20-6-1-2-7-21(20)24(28)31/h3-5,8-11,13,15,20-21H,1-2,6-7,12,14H2/t15-,20-,21+/m0/s1. The van der Waals surface area contributed by atoms with E-state index in [2.05, 4.69) is 15.9 Å². The molecule has 1 saturated carbocycles. The van der Waals surface area contributed by atoms with Crippen molar-refractivity contribution in [3.63, 3.8) is 0 Å². The van der Waals surface area contributed by atoms with Crippen LogP contribution in [-0.2, 0) is 19.2 Å². The topological polar surface area (TPSA) is 84.0 Å². The summed E-state index contributed by atoms with van der Waals surface area (Å²) in [5, 5.41) is 0. The van der Waals surface area contributed by atoms with E-state index < -0.39 is 11.9 Å². The monoisotopic (exact) mass is 510 g/mol. The van der Waals surface area contributed by atoms with Gasteiger partial charge in [-0.15, -0.1) is 0 Å². The smallest absolute Gasteiger partial charge is 0.316 e. The fraction of sp³-hybridized carbons (Fsp3) is 0.360. The summed E-state index contributed by atoms with van der Waals surface area (Å²) in [6, 6.07) is 13.8. The average Bonchev–Trinajstić information content (AvgIpc) is 3.32. The van der Waals surface area contributed by atoms with Gasteiger partial charge in [-0.05, 0) is 49.2 Å². The number of carbonyl (C=O) groups excluding carboxylic acids is 4. The third-order valence-electron chi connectivity index (χ3n) is 6.73. The third-order valence-corrected chi connectivity index (χ3v) is 7.26. The van der Waals surface area contributed by atoms with E-state index in [1.54, 1.807) is 29.2 Å². The summed E-state index contributed by atoms with van der Waals surface area (Å²) < 4.78 is 6.47. The first-order valence-electron chi connectivity index (χ1n) is 11.2. The highest BCUT2D eigenvalue weighted by molar-refractivity contribution is 9.10. The Balaban J connectivity index is 1.29. The van der Waals surface area contributed by atoms with Crippen LogP contribution < -0.4 is 14.5 Å². The number of ether oxygens (including phenoxy) is 1. The zero-order chi connectivity index (χ0) is 23.1. The normalized spacial score (nSPS) is 24.9. The number of imide groups is 1. The van der Waals surface area contributed by atoms with Crippen LogP contribution in [0.15, 0.2) is 53.0 Å². The number of rotatable bonds is 4. The van der Waals surface area contributed by atoms with E-state index >= 15 is 0 Å². The number of fused-ring (bicyclic) bond motifs is 1. The van der Waals surface area contributed by atoms with Crippen LogP contribution in [0.5, 0.6) is 5.75 Å². The van der Waals surface area contributed by atoms with Crippen molar-refractivity contribution >= 4 is 51.0 Å². The highest BCUT2D eigenvalue weighted by Crippen LogP contribution is 2.40. The van der Waals surface area contributed by atoms with Crippen LogP contribution in [0.4, 0.5) is 11.4 Å². The van der Waals surface area contributed by atoms with Crippen molar-refractivity contribution in [3.05, 3.63) is 53.0 Å². The number of esters is 1. The van der Waals surface area contributed by atoms with Gasteiger partial charge in [0.25, 0.3) is 0 Å². The van der Waals surface area contributed by atoms with Gasteiger partial charge in [0.05, 0.1) is 23.4 Å². The summed E-state index contributed by atoms with van der Waals surface area (Å²) in [5.41, 5.74) is 1.15. The van der Waals surface area contributed by atoms with Gasteiger partial charge in [-0.3, -0.25) is 19.2 Å². The van der Waals surface area contributed by atoms with E-state index in [9.17, 15) is 19.2 Å². The van der Waals surface area contributed by atoms with Gasteiger partial charge in [-0.1, -0.05) is 34.8 Å². The maximum Gasteiger partial charge on any atom is 0.316 e. The molecule has 0 unspecified atom stereocenters. The van der Waals surface area contributed by atoms with Crippen LogP contribution in [0.25, 0.3) is 0 Å². The molecule has 2 heterocycles. The molecular formula is C25H23BrN2O5. The molecule has 2 saturated heterocycles. The zero-order valence-corrected chi connectivity index (χ0v) is 19.5. The molecule has 3 atom stereocenters. The highest BCUT2D eigenvalue weighted by Gasteiger charge is 2.48. The van der Waals surface area contributed by atoms with Gasteiger partial charge in [-0.25, -0.2) is 4.90 Å². The molecule has 7 nitrogen and oxygen atoms in total. The predicted molar refractivity (Wildman–Crippen MR) is 125 cm³/mol. The lowest BCUT2D eigenvalue weighted by atomic mass is 9.81. The average molecular weight is 511 g/mol. The largest absolute Gasteiger partial charge is 0.426 e. The molecular weight excluding hydrogens is 488 g/mol. The molecule has 5 rings (SSSR count). The minimum Gasteiger partial charge on any atom is -0.426 e. The van der Waals surface area contributed by atoms with Crippen molar-refractivity contribution < 1.29 is 23.9 Å². The van der Waals surface area contributed by atoms with E-state index in [0.29, 0.717) is 5.69 Å². The van der Waals surface area contributed by atoms with Gasteiger partial charge in [0.1, 0.15) is 5.75 Å². The maximum absolute atomic E-state index is 12.9. The molecule has 3 fully saturated rings. The highest BCUT2D eigenvalue weighted by atomic mass is 79.9. The molecule has 0 aromatic heterocycles. The zero-order valence-electron chi connectivity index (χ0n) is 17.9. The van der Waals surface area contributed by atoms with Crippen LogP contribution in [0.2, 0.25) is 0 Å². The van der Waals surface area contributed by atoms with Gasteiger partial charge in [0.15, 0.2) is 0 Å². The minimum atomic E-state index is -0.595. The van der Waals surface area contributed by atoms with E-state index in [0.717, 1.165) is 35.8 Å². The fourth-order valence-corrected chi connectivity index (χ4v) is 5.30. The van der Waals surface area contributed by atoms with Crippen LogP contribution in [-0.4, -0.2) is 30.2 Å². The molecule has 0 N–H and O–H groups in total. The number of nitrogens with zero attached hydrogens (tertiary/aromatic N) is 2. The van der Waals surface area contributed by atoms with Crippen molar-refractivity contribution in [3.8, 4) is 5.75 Å². The number of carbonyl (C=O) groups is 4. The summed E-state index contributed by atoms with van der Waals surface area (Å²) in [6.07, 6.45) is 3.48. The van der Waals surface area contributed by atoms with Gasteiger partial charge < -0.3 is 9.64 Å². The number of anilines is 2. The first-order chi connectivity index (χ1) is 15.9. The second-order valence-corrected chi connectivity index (χ2v) is 9.73. The first-order valence-corrected chi connectivity index (χ1v) is 12.0. The van der Waals surface area contributed by atoms with Crippen molar-refractivity contribution in [1.29, 1.82) is 0 Å². The van der Waals surface area contributed by atoms with E-state index in [-0.39, 0.29) is 48.3 Å². The van der Waals surface area contributed by atoms with Crippen LogP contribution in [0, 0.1) is 17.8 Å². The molecule has 1 aliphatic carbocycles. The molecule has 3 amide bonds. The summed E-state index contributed by atoms with van der Waals surface area (Å²) >= 11 is 3.37. The first kappa shape index (κ1) is 21.8. The van der Waals surface area contributed by atoms with Crippen molar-refractivity contribution in [2.45, 2.75) is 32.1 Å². The third kappa shape index (κ3) is 4.08. The fourth-order valence-electron chi connectivity index (χ4n) is 5.04. The van der Waals surface area contributed by atoms with Crippen LogP contribution in [0.1, 0.15) is 32.1 Å². The molecule has 33 heavy (non-hydrogen) atoms. The lowest BCUT2D eigenvalue weighted by Crippen LogP contribution is -2.31. The number of benzene rings is 2. The van der Waals surface area contributed by atoms with Gasteiger partial charge >= 0.3 is 5.97 Å².